The zero-order valence-electron chi connectivity index (χ0n) is 16.1. The van der Waals surface area contributed by atoms with E-state index < -0.39 is 0 Å². The summed E-state index contributed by atoms with van der Waals surface area (Å²) < 4.78 is 10.8. The fourth-order valence-electron chi connectivity index (χ4n) is 3.10. The van der Waals surface area contributed by atoms with Crippen molar-refractivity contribution in [2.75, 3.05) is 30.0 Å². The molecule has 1 unspecified atom stereocenters. The van der Waals surface area contributed by atoms with Gasteiger partial charge >= 0.3 is 6.03 Å². The van der Waals surface area contributed by atoms with Crippen LogP contribution in [0.25, 0.3) is 0 Å². The molecule has 1 aliphatic heterocycles. The van der Waals surface area contributed by atoms with Crippen molar-refractivity contribution >= 4 is 23.3 Å². The summed E-state index contributed by atoms with van der Waals surface area (Å²) in [7, 11) is 0. The number of anilines is 2. The SMILES string of the molecule is CCOc1ccc(NC(=O)NC2CC(=O)N(c3ccc(OCC)cc3)C2)cc1. The number of nitrogens with one attached hydrogen (secondary N) is 2. The van der Waals surface area contributed by atoms with Gasteiger partial charge < -0.3 is 25.0 Å². The summed E-state index contributed by atoms with van der Waals surface area (Å²) in [5.74, 6) is 1.50. The summed E-state index contributed by atoms with van der Waals surface area (Å²) in [5.41, 5.74) is 1.46. The molecule has 0 aromatic heterocycles. The Kier molecular flexibility index (Phi) is 6.37. The van der Waals surface area contributed by atoms with Gasteiger partial charge in [-0.2, -0.15) is 0 Å². The third-order valence-corrected chi connectivity index (χ3v) is 4.34. The number of carbonyl (C=O) groups is 2. The van der Waals surface area contributed by atoms with Crippen molar-refractivity contribution in [1.29, 1.82) is 0 Å². The van der Waals surface area contributed by atoms with Crippen LogP contribution in [-0.2, 0) is 4.79 Å². The molecular weight excluding hydrogens is 358 g/mol. The molecule has 28 heavy (non-hydrogen) atoms. The molecule has 2 aromatic carbocycles. The lowest BCUT2D eigenvalue weighted by atomic mass is 10.2. The smallest absolute Gasteiger partial charge is 0.319 e. The first-order chi connectivity index (χ1) is 13.6. The van der Waals surface area contributed by atoms with Crippen LogP contribution in [0.1, 0.15) is 20.3 Å². The summed E-state index contributed by atoms with van der Waals surface area (Å²) in [6, 6.07) is 13.9. The highest BCUT2D eigenvalue weighted by atomic mass is 16.5. The number of amides is 3. The van der Waals surface area contributed by atoms with Gasteiger partial charge in [-0.1, -0.05) is 0 Å². The minimum absolute atomic E-state index is 0.0180. The van der Waals surface area contributed by atoms with E-state index >= 15 is 0 Å². The van der Waals surface area contributed by atoms with Crippen LogP contribution in [0, 0.1) is 0 Å². The van der Waals surface area contributed by atoms with Gasteiger partial charge in [-0.05, 0) is 62.4 Å². The van der Waals surface area contributed by atoms with Gasteiger partial charge in [-0.3, -0.25) is 4.79 Å². The maximum Gasteiger partial charge on any atom is 0.319 e. The summed E-state index contributed by atoms with van der Waals surface area (Å²) in [4.78, 5) is 26.3. The first-order valence-electron chi connectivity index (χ1n) is 9.42. The van der Waals surface area contributed by atoms with Crippen molar-refractivity contribution < 1.29 is 19.1 Å². The molecule has 1 atom stereocenters. The molecule has 1 aliphatic rings. The van der Waals surface area contributed by atoms with Crippen LogP contribution >= 0.6 is 0 Å². The number of hydrogen-bond acceptors (Lipinski definition) is 4. The van der Waals surface area contributed by atoms with Gasteiger partial charge in [0, 0.05) is 24.3 Å². The fourth-order valence-corrected chi connectivity index (χ4v) is 3.10. The monoisotopic (exact) mass is 383 g/mol. The second kappa shape index (κ2) is 9.12. The minimum atomic E-state index is -0.337. The molecule has 0 spiro atoms. The van der Waals surface area contributed by atoms with Crippen molar-refractivity contribution in [3.8, 4) is 11.5 Å². The summed E-state index contributed by atoms with van der Waals surface area (Å²) >= 11 is 0. The molecule has 7 heteroatoms. The van der Waals surface area contributed by atoms with Crippen molar-refractivity contribution in [3.63, 3.8) is 0 Å². The van der Waals surface area contributed by atoms with Crippen molar-refractivity contribution in [3.05, 3.63) is 48.5 Å². The predicted octanol–water partition coefficient (Wildman–Crippen LogP) is 3.41. The largest absolute Gasteiger partial charge is 0.494 e. The van der Waals surface area contributed by atoms with Gasteiger partial charge in [0.15, 0.2) is 0 Å². The second-order valence-electron chi connectivity index (χ2n) is 6.39. The maximum atomic E-state index is 12.3. The highest BCUT2D eigenvalue weighted by Gasteiger charge is 2.31. The summed E-state index contributed by atoms with van der Waals surface area (Å²) in [6.45, 7) is 5.46. The molecular formula is C21H25N3O4. The van der Waals surface area contributed by atoms with Crippen LogP contribution in [-0.4, -0.2) is 37.7 Å². The van der Waals surface area contributed by atoms with Crippen molar-refractivity contribution in [2.24, 2.45) is 0 Å². The van der Waals surface area contributed by atoms with Crippen molar-refractivity contribution in [1.82, 2.24) is 5.32 Å². The first kappa shape index (κ1) is 19.5. The summed E-state index contributed by atoms with van der Waals surface area (Å²) in [5, 5.41) is 5.64. The van der Waals surface area contributed by atoms with E-state index in [1.165, 1.54) is 0 Å². The van der Waals surface area contributed by atoms with E-state index in [0.717, 1.165) is 17.2 Å². The zero-order chi connectivity index (χ0) is 19.9. The lowest BCUT2D eigenvalue weighted by Gasteiger charge is -2.18. The Balaban J connectivity index is 1.53. The Morgan fingerprint density at radius 3 is 2.14 bits per heavy atom. The fraction of sp³-hybridized carbons (Fsp3) is 0.333. The van der Waals surface area contributed by atoms with E-state index in [9.17, 15) is 9.59 Å². The Bertz CT molecular complexity index is 805. The molecule has 7 nitrogen and oxygen atoms in total. The Morgan fingerprint density at radius 2 is 1.57 bits per heavy atom. The third kappa shape index (κ3) is 4.94. The highest BCUT2D eigenvalue weighted by Crippen LogP contribution is 2.24. The van der Waals surface area contributed by atoms with Crippen molar-refractivity contribution in [2.45, 2.75) is 26.3 Å². The van der Waals surface area contributed by atoms with Crippen LogP contribution in [0.3, 0.4) is 0 Å². The quantitative estimate of drug-likeness (QED) is 0.768. The minimum Gasteiger partial charge on any atom is -0.494 e. The van der Waals surface area contributed by atoms with Gasteiger partial charge in [0.25, 0.3) is 0 Å². The number of urea groups is 1. The predicted molar refractivity (Wildman–Crippen MR) is 108 cm³/mol. The molecule has 2 aromatic rings. The van der Waals surface area contributed by atoms with Gasteiger partial charge in [0.2, 0.25) is 5.91 Å². The number of benzene rings is 2. The molecule has 148 valence electrons. The van der Waals surface area contributed by atoms with E-state index in [0.29, 0.717) is 25.4 Å². The average molecular weight is 383 g/mol. The molecule has 0 aliphatic carbocycles. The Labute approximate surface area is 164 Å². The lowest BCUT2D eigenvalue weighted by Crippen LogP contribution is -2.39. The van der Waals surface area contributed by atoms with Gasteiger partial charge in [0.05, 0.1) is 19.3 Å². The van der Waals surface area contributed by atoms with E-state index in [2.05, 4.69) is 10.6 Å². The lowest BCUT2D eigenvalue weighted by molar-refractivity contribution is -0.117. The Morgan fingerprint density at radius 1 is 1.00 bits per heavy atom. The number of ether oxygens (including phenoxy) is 2. The zero-order valence-corrected chi connectivity index (χ0v) is 16.1. The maximum absolute atomic E-state index is 12.3. The van der Waals surface area contributed by atoms with Crippen LogP contribution in [0.5, 0.6) is 11.5 Å². The molecule has 3 rings (SSSR count). The molecule has 0 saturated carbocycles. The second-order valence-corrected chi connectivity index (χ2v) is 6.39. The summed E-state index contributed by atoms with van der Waals surface area (Å²) in [6.07, 6.45) is 0.268. The standard InChI is InChI=1S/C21H25N3O4/c1-3-27-18-9-5-15(6-10-18)22-21(26)23-16-13-20(25)24(14-16)17-7-11-19(12-8-17)28-4-2/h5-12,16H,3-4,13-14H2,1-2H3,(H2,22,23,26). The molecule has 3 amide bonds. The van der Waals surface area contributed by atoms with Gasteiger partial charge in [-0.15, -0.1) is 0 Å². The molecule has 0 radical (unpaired) electrons. The van der Waals surface area contributed by atoms with Crippen LogP contribution in [0.15, 0.2) is 48.5 Å². The number of rotatable bonds is 7. The average Bonchev–Trinajstić information content (AvgIpc) is 3.04. The number of nitrogens with zero attached hydrogens (tertiary/aromatic N) is 1. The molecule has 0 bridgehead atoms. The number of hydrogen-bond donors (Lipinski definition) is 2. The van der Waals surface area contributed by atoms with Crippen LogP contribution in [0.4, 0.5) is 16.2 Å². The molecule has 1 fully saturated rings. The number of carbonyl (C=O) groups excluding carboxylic acids is 2. The van der Waals surface area contributed by atoms with Crippen LogP contribution < -0.4 is 25.0 Å². The third-order valence-electron chi connectivity index (χ3n) is 4.34. The highest BCUT2D eigenvalue weighted by molar-refractivity contribution is 5.97. The van der Waals surface area contributed by atoms with E-state index in [1.807, 2.05) is 38.1 Å². The van der Waals surface area contributed by atoms with E-state index in [-0.39, 0.29) is 24.4 Å². The van der Waals surface area contributed by atoms with Gasteiger partial charge in [0.1, 0.15) is 11.5 Å². The topological polar surface area (TPSA) is 79.9 Å². The normalized spacial score (nSPS) is 16.0. The van der Waals surface area contributed by atoms with Crippen LogP contribution in [0.2, 0.25) is 0 Å². The Hall–Kier alpha value is -3.22. The molecule has 1 saturated heterocycles. The molecule has 2 N–H and O–H groups in total. The van der Waals surface area contributed by atoms with E-state index in [4.69, 9.17) is 9.47 Å². The van der Waals surface area contributed by atoms with E-state index in [1.54, 1.807) is 29.2 Å². The molecule has 1 heterocycles. The van der Waals surface area contributed by atoms with Gasteiger partial charge in [-0.25, -0.2) is 4.79 Å². The first-order valence-corrected chi connectivity index (χ1v) is 9.42.